The molecule has 1 amide bonds. The van der Waals surface area contributed by atoms with Gasteiger partial charge >= 0.3 is 0 Å². The highest BCUT2D eigenvalue weighted by atomic mass is 16.5. The van der Waals surface area contributed by atoms with Gasteiger partial charge in [-0.1, -0.05) is 0 Å². The van der Waals surface area contributed by atoms with E-state index in [1.807, 2.05) is 7.05 Å². The molecule has 5 nitrogen and oxygen atoms in total. The average Bonchev–Trinajstić information content (AvgIpc) is 2.87. The Morgan fingerprint density at radius 1 is 1.39 bits per heavy atom. The van der Waals surface area contributed by atoms with E-state index in [0.717, 1.165) is 45.4 Å². The van der Waals surface area contributed by atoms with Crippen molar-refractivity contribution in [3.63, 3.8) is 0 Å². The third kappa shape index (κ3) is 3.43. The number of nitrogens with zero attached hydrogens (tertiary/aromatic N) is 1. The summed E-state index contributed by atoms with van der Waals surface area (Å²) in [5.74, 6) is 0.566. The largest absolute Gasteiger partial charge is 0.381 e. The summed E-state index contributed by atoms with van der Waals surface area (Å²) < 4.78 is 11.1. The lowest BCUT2D eigenvalue weighted by Gasteiger charge is -2.28. The Hall–Kier alpha value is -0.650. The van der Waals surface area contributed by atoms with Gasteiger partial charge in [0.25, 0.3) is 5.91 Å². The maximum Gasteiger partial charge on any atom is 0.251 e. The number of ether oxygens (including phenoxy) is 2. The molecule has 5 heteroatoms. The van der Waals surface area contributed by atoms with Crippen molar-refractivity contribution in [2.24, 2.45) is 11.7 Å². The Balaban J connectivity index is 1.77. The second-order valence-electron chi connectivity index (χ2n) is 5.36. The number of likely N-dealkylation sites (N-methyl/N-ethyl adjacent to an activating group) is 1. The Morgan fingerprint density at radius 2 is 2.22 bits per heavy atom. The maximum absolute atomic E-state index is 12.2. The molecule has 0 radical (unpaired) electrons. The number of amides is 1. The fraction of sp³-hybridized carbons (Fsp3) is 0.923. The minimum Gasteiger partial charge on any atom is -0.381 e. The van der Waals surface area contributed by atoms with Gasteiger partial charge in [-0.05, 0) is 31.6 Å². The van der Waals surface area contributed by atoms with Gasteiger partial charge in [-0.15, -0.1) is 0 Å². The lowest BCUT2D eigenvalue weighted by atomic mass is 10.0. The van der Waals surface area contributed by atoms with Crippen molar-refractivity contribution in [1.82, 2.24) is 4.90 Å². The number of hydrogen-bond acceptors (Lipinski definition) is 4. The first-order valence-corrected chi connectivity index (χ1v) is 6.89. The molecular formula is C13H24N2O3. The minimum atomic E-state index is -0.284. The monoisotopic (exact) mass is 256 g/mol. The van der Waals surface area contributed by atoms with E-state index in [4.69, 9.17) is 15.2 Å². The Bertz CT molecular complexity index is 279. The molecule has 0 aromatic carbocycles. The molecule has 2 N–H and O–H groups in total. The number of carbonyl (C=O) groups is 1. The van der Waals surface area contributed by atoms with E-state index in [9.17, 15) is 4.79 Å². The van der Waals surface area contributed by atoms with Gasteiger partial charge in [-0.3, -0.25) is 4.79 Å². The molecule has 2 aliphatic rings. The highest BCUT2D eigenvalue weighted by Crippen LogP contribution is 2.21. The maximum atomic E-state index is 12.2. The van der Waals surface area contributed by atoms with Gasteiger partial charge in [0.15, 0.2) is 0 Å². The molecule has 2 rings (SSSR count). The molecule has 0 aromatic heterocycles. The molecule has 0 aromatic rings. The molecule has 1 unspecified atom stereocenters. The van der Waals surface area contributed by atoms with Gasteiger partial charge < -0.3 is 20.1 Å². The summed E-state index contributed by atoms with van der Waals surface area (Å²) in [7, 11) is 1.86. The van der Waals surface area contributed by atoms with Crippen LogP contribution in [0.1, 0.15) is 25.7 Å². The quantitative estimate of drug-likeness (QED) is 0.789. The molecule has 0 spiro atoms. The number of rotatable bonds is 4. The zero-order valence-electron chi connectivity index (χ0n) is 11.1. The molecule has 2 heterocycles. The van der Waals surface area contributed by atoms with E-state index in [1.165, 1.54) is 0 Å². The van der Waals surface area contributed by atoms with Crippen molar-refractivity contribution in [1.29, 1.82) is 0 Å². The summed E-state index contributed by atoms with van der Waals surface area (Å²) in [5, 5.41) is 0. The number of carbonyl (C=O) groups excluding carboxylic acids is 1. The van der Waals surface area contributed by atoms with Crippen LogP contribution in [0.3, 0.4) is 0 Å². The number of hydrogen-bond donors (Lipinski definition) is 1. The Kier molecular flexibility index (Phi) is 4.97. The third-order valence-electron chi connectivity index (χ3n) is 3.81. The summed E-state index contributed by atoms with van der Waals surface area (Å²) >= 11 is 0. The van der Waals surface area contributed by atoms with E-state index in [0.29, 0.717) is 12.5 Å². The molecule has 0 saturated carbocycles. The Labute approximate surface area is 109 Å². The van der Waals surface area contributed by atoms with Crippen LogP contribution in [0.4, 0.5) is 0 Å². The lowest BCUT2D eigenvalue weighted by molar-refractivity contribution is -0.142. The van der Waals surface area contributed by atoms with E-state index < -0.39 is 0 Å². The second-order valence-corrected chi connectivity index (χ2v) is 5.36. The van der Waals surface area contributed by atoms with Crippen LogP contribution in [0.5, 0.6) is 0 Å². The van der Waals surface area contributed by atoms with Gasteiger partial charge in [-0.2, -0.15) is 0 Å². The van der Waals surface area contributed by atoms with Gasteiger partial charge in [0, 0.05) is 26.7 Å². The molecule has 18 heavy (non-hydrogen) atoms. The highest BCUT2D eigenvalue weighted by Gasteiger charge is 2.32. The smallest absolute Gasteiger partial charge is 0.251 e. The zero-order chi connectivity index (χ0) is 13.0. The molecule has 0 aliphatic carbocycles. The standard InChI is InChI=1S/C13H24N2O3/c1-15(8-10-3-2-6-17-9-10)13(16)12-5-4-11(7-14)18-12/h10-12H,2-9,14H2,1H3/t10?,11-,12+/m1/s1. The van der Waals surface area contributed by atoms with E-state index in [1.54, 1.807) is 4.90 Å². The minimum absolute atomic E-state index is 0.0605. The number of nitrogens with two attached hydrogens (primary N) is 1. The summed E-state index contributed by atoms with van der Waals surface area (Å²) in [5.41, 5.74) is 5.56. The Morgan fingerprint density at radius 3 is 2.83 bits per heavy atom. The first kappa shape index (κ1) is 13.8. The van der Waals surface area contributed by atoms with Crippen molar-refractivity contribution in [3.8, 4) is 0 Å². The summed E-state index contributed by atoms with van der Waals surface area (Å²) in [6.45, 7) is 2.91. The van der Waals surface area contributed by atoms with Gasteiger partial charge in [0.1, 0.15) is 6.10 Å². The van der Waals surface area contributed by atoms with Crippen molar-refractivity contribution in [2.75, 3.05) is 33.4 Å². The zero-order valence-corrected chi connectivity index (χ0v) is 11.1. The van der Waals surface area contributed by atoms with Crippen molar-refractivity contribution >= 4 is 5.91 Å². The molecule has 2 aliphatic heterocycles. The topological polar surface area (TPSA) is 64.8 Å². The SMILES string of the molecule is CN(CC1CCCOC1)C(=O)[C@@H]1CC[C@H](CN)O1. The van der Waals surface area contributed by atoms with Crippen LogP contribution in [-0.4, -0.2) is 56.4 Å². The van der Waals surface area contributed by atoms with Crippen molar-refractivity contribution < 1.29 is 14.3 Å². The predicted octanol–water partition coefficient (Wildman–Crippen LogP) is 0.378. The molecular weight excluding hydrogens is 232 g/mol. The van der Waals surface area contributed by atoms with E-state index >= 15 is 0 Å². The molecule has 2 fully saturated rings. The van der Waals surface area contributed by atoms with Gasteiger partial charge in [-0.25, -0.2) is 0 Å². The van der Waals surface area contributed by atoms with E-state index in [2.05, 4.69) is 0 Å². The fourth-order valence-electron chi connectivity index (χ4n) is 2.74. The summed E-state index contributed by atoms with van der Waals surface area (Å²) in [4.78, 5) is 14.0. The summed E-state index contributed by atoms with van der Waals surface area (Å²) in [6.07, 6.45) is 3.72. The van der Waals surface area contributed by atoms with Gasteiger partial charge in [0.2, 0.25) is 0 Å². The summed E-state index contributed by atoms with van der Waals surface area (Å²) in [6, 6.07) is 0. The molecule has 3 atom stereocenters. The average molecular weight is 256 g/mol. The van der Waals surface area contributed by atoms with Crippen LogP contribution in [0.2, 0.25) is 0 Å². The first-order chi connectivity index (χ1) is 8.70. The molecule has 0 bridgehead atoms. The lowest BCUT2D eigenvalue weighted by Crippen LogP contribution is -2.41. The molecule has 2 saturated heterocycles. The van der Waals surface area contributed by atoms with Crippen LogP contribution in [-0.2, 0) is 14.3 Å². The first-order valence-electron chi connectivity index (χ1n) is 6.89. The van der Waals surface area contributed by atoms with Crippen LogP contribution in [0, 0.1) is 5.92 Å². The normalized spacial score (nSPS) is 32.4. The second kappa shape index (κ2) is 6.50. The van der Waals surface area contributed by atoms with Crippen LogP contribution >= 0.6 is 0 Å². The highest BCUT2D eigenvalue weighted by molar-refractivity contribution is 5.81. The van der Waals surface area contributed by atoms with Crippen molar-refractivity contribution in [2.45, 2.75) is 37.9 Å². The van der Waals surface area contributed by atoms with Crippen LogP contribution in [0.25, 0.3) is 0 Å². The van der Waals surface area contributed by atoms with Crippen LogP contribution in [0.15, 0.2) is 0 Å². The van der Waals surface area contributed by atoms with E-state index in [-0.39, 0.29) is 18.1 Å². The fourth-order valence-corrected chi connectivity index (χ4v) is 2.74. The molecule has 104 valence electrons. The van der Waals surface area contributed by atoms with Crippen molar-refractivity contribution in [3.05, 3.63) is 0 Å². The third-order valence-corrected chi connectivity index (χ3v) is 3.81. The predicted molar refractivity (Wildman–Crippen MR) is 68.1 cm³/mol. The van der Waals surface area contributed by atoms with Gasteiger partial charge in [0.05, 0.1) is 12.7 Å². The van der Waals surface area contributed by atoms with Crippen LogP contribution < -0.4 is 5.73 Å².